The molecule has 2 heterocycles. The molecule has 18 heavy (non-hydrogen) atoms. The lowest BCUT2D eigenvalue weighted by molar-refractivity contribution is -0.140. The molecule has 0 N–H and O–H groups in total. The second-order valence-electron chi connectivity index (χ2n) is 5.58. The minimum Gasteiger partial charge on any atom is -0.455 e. The highest BCUT2D eigenvalue weighted by molar-refractivity contribution is 14.1. The van der Waals surface area contributed by atoms with E-state index >= 15 is 0 Å². The molecule has 0 aromatic carbocycles. The summed E-state index contributed by atoms with van der Waals surface area (Å²) in [5.74, 6) is -0.110. The summed E-state index contributed by atoms with van der Waals surface area (Å²) in [6.07, 6.45) is 6.20. The Bertz CT molecular complexity index is 442. The summed E-state index contributed by atoms with van der Waals surface area (Å²) in [6.45, 7) is 6.01. The van der Waals surface area contributed by atoms with E-state index in [2.05, 4.69) is 42.2 Å². The van der Waals surface area contributed by atoms with Crippen molar-refractivity contribution in [3.8, 4) is 0 Å². The van der Waals surface area contributed by atoms with Gasteiger partial charge in [0.2, 0.25) is 0 Å². The number of rotatable bonds is 0. The Morgan fingerprint density at radius 2 is 2.33 bits per heavy atom. The van der Waals surface area contributed by atoms with Gasteiger partial charge in [0, 0.05) is 11.5 Å². The first-order valence-corrected chi connectivity index (χ1v) is 7.51. The minimum absolute atomic E-state index is 0.0647. The van der Waals surface area contributed by atoms with Crippen molar-refractivity contribution in [2.75, 3.05) is 0 Å². The molecule has 3 aliphatic rings. The summed E-state index contributed by atoms with van der Waals surface area (Å²) in [7, 11) is 0. The van der Waals surface area contributed by atoms with Gasteiger partial charge in [-0.15, -0.1) is 0 Å². The van der Waals surface area contributed by atoms with Crippen LogP contribution in [0.15, 0.2) is 21.8 Å². The molecular formula is C14H17IO3. The van der Waals surface area contributed by atoms with Crippen LogP contribution >= 0.6 is 22.6 Å². The van der Waals surface area contributed by atoms with Crippen LogP contribution in [0.5, 0.6) is 0 Å². The third-order valence-electron chi connectivity index (χ3n) is 4.29. The van der Waals surface area contributed by atoms with Crippen LogP contribution in [0.4, 0.5) is 0 Å². The lowest BCUT2D eigenvalue weighted by atomic mass is 9.85. The monoisotopic (exact) mass is 360 g/mol. The number of ether oxygens (including phenoxy) is 2. The molecule has 2 saturated heterocycles. The van der Waals surface area contributed by atoms with Gasteiger partial charge < -0.3 is 9.47 Å². The zero-order valence-electron chi connectivity index (χ0n) is 10.4. The van der Waals surface area contributed by atoms with Gasteiger partial charge in [0.25, 0.3) is 0 Å². The molecule has 2 fully saturated rings. The summed E-state index contributed by atoms with van der Waals surface area (Å²) >= 11 is 2.39. The van der Waals surface area contributed by atoms with Crippen LogP contribution in [-0.2, 0) is 14.3 Å². The number of carbonyl (C=O) groups is 1. The molecular weight excluding hydrogens is 343 g/mol. The molecule has 0 spiro atoms. The zero-order chi connectivity index (χ0) is 12.9. The molecule has 4 heteroatoms. The summed E-state index contributed by atoms with van der Waals surface area (Å²) in [6, 6.07) is 0. The van der Waals surface area contributed by atoms with Gasteiger partial charge in [-0.3, -0.25) is 0 Å². The van der Waals surface area contributed by atoms with E-state index in [0.29, 0.717) is 5.57 Å². The van der Waals surface area contributed by atoms with Gasteiger partial charge in [-0.05, 0) is 58.8 Å². The first kappa shape index (κ1) is 12.7. The molecule has 2 aliphatic heterocycles. The second-order valence-corrected chi connectivity index (χ2v) is 6.97. The number of carbonyl (C=O) groups excluding carboxylic acids is 1. The van der Waals surface area contributed by atoms with Crippen LogP contribution in [0.2, 0.25) is 0 Å². The van der Waals surface area contributed by atoms with E-state index in [9.17, 15) is 4.79 Å². The SMILES string of the molecule is C=C1C(=O)O[C@H]2[C@H]1CCC(I)=CCC[C@@]1(C)O[C@@H]21. The maximum absolute atomic E-state index is 11.7. The topological polar surface area (TPSA) is 38.8 Å². The smallest absolute Gasteiger partial charge is 0.334 e. The van der Waals surface area contributed by atoms with Gasteiger partial charge in [0.05, 0.1) is 5.60 Å². The van der Waals surface area contributed by atoms with E-state index in [0.717, 1.165) is 25.7 Å². The fourth-order valence-electron chi connectivity index (χ4n) is 3.02. The van der Waals surface area contributed by atoms with Crippen molar-refractivity contribution >= 4 is 28.6 Å². The third-order valence-corrected chi connectivity index (χ3v) is 5.27. The average Bonchev–Trinajstić information content (AvgIpc) is 2.90. The summed E-state index contributed by atoms with van der Waals surface area (Å²) in [5.41, 5.74) is 0.515. The van der Waals surface area contributed by atoms with Crippen LogP contribution in [-0.4, -0.2) is 23.8 Å². The van der Waals surface area contributed by atoms with Crippen molar-refractivity contribution in [3.63, 3.8) is 0 Å². The van der Waals surface area contributed by atoms with Crippen LogP contribution in [0, 0.1) is 5.92 Å². The highest BCUT2D eigenvalue weighted by Gasteiger charge is 2.61. The first-order chi connectivity index (χ1) is 8.51. The first-order valence-electron chi connectivity index (χ1n) is 6.43. The van der Waals surface area contributed by atoms with E-state index in [1.54, 1.807) is 0 Å². The Kier molecular flexibility index (Phi) is 3.05. The molecule has 0 saturated carbocycles. The highest BCUT2D eigenvalue weighted by Crippen LogP contribution is 2.49. The number of allylic oxidation sites excluding steroid dienone is 2. The highest BCUT2D eigenvalue weighted by atomic mass is 127. The van der Waals surface area contributed by atoms with Crippen LogP contribution in [0.1, 0.15) is 32.6 Å². The second kappa shape index (κ2) is 4.34. The molecule has 98 valence electrons. The molecule has 0 amide bonds. The van der Waals surface area contributed by atoms with Crippen LogP contribution in [0.25, 0.3) is 0 Å². The third kappa shape index (κ3) is 2.03. The molecule has 0 bridgehead atoms. The number of hydrogen-bond acceptors (Lipinski definition) is 3. The molecule has 4 atom stereocenters. The fraction of sp³-hybridized carbons (Fsp3) is 0.643. The van der Waals surface area contributed by atoms with Crippen LogP contribution < -0.4 is 0 Å². The normalized spacial score (nSPS) is 43.7. The number of esters is 1. The molecule has 1 aliphatic carbocycles. The van der Waals surface area contributed by atoms with E-state index in [4.69, 9.17) is 9.47 Å². The average molecular weight is 360 g/mol. The Balaban J connectivity index is 1.87. The van der Waals surface area contributed by atoms with Gasteiger partial charge in [-0.25, -0.2) is 4.79 Å². The van der Waals surface area contributed by atoms with E-state index in [-0.39, 0.29) is 29.7 Å². The molecule has 0 aromatic rings. The number of epoxide rings is 1. The predicted molar refractivity (Wildman–Crippen MR) is 76.4 cm³/mol. The van der Waals surface area contributed by atoms with E-state index in [1.807, 2.05) is 0 Å². The van der Waals surface area contributed by atoms with Crippen molar-refractivity contribution in [3.05, 3.63) is 21.8 Å². The van der Waals surface area contributed by atoms with Gasteiger partial charge in [-0.1, -0.05) is 12.7 Å². The number of fused-ring (bicyclic) bond motifs is 3. The fourth-order valence-corrected chi connectivity index (χ4v) is 3.65. The van der Waals surface area contributed by atoms with E-state index < -0.39 is 0 Å². The van der Waals surface area contributed by atoms with Crippen molar-refractivity contribution in [2.45, 2.75) is 50.4 Å². The largest absolute Gasteiger partial charge is 0.455 e. The lowest BCUT2D eigenvalue weighted by Gasteiger charge is -2.18. The Morgan fingerprint density at radius 1 is 1.56 bits per heavy atom. The molecule has 0 unspecified atom stereocenters. The maximum Gasteiger partial charge on any atom is 0.334 e. The van der Waals surface area contributed by atoms with Crippen molar-refractivity contribution < 1.29 is 14.3 Å². The Labute approximate surface area is 121 Å². The van der Waals surface area contributed by atoms with Crippen LogP contribution in [0.3, 0.4) is 0 Å². The summed E-state index contributed by atoms with van der Waals surface area (Å²) in [5, 5.41) is 0. The van der Waals surface area contributed by atoms with Crippen molar-refractivity contribution in [1.29, 1.82) is 0 Å². The molecule has 3 rings (SSSR count). The Hall–Kier alpha value is -0.360. The summed E-state index contributed by atoms with van der Waals surface area (Å²) in [4.78, 5) is 11.7. The maximum atomic E-state index is 11.7. The zero-order valence-corrected chi connectivity index (χ0v) is 12.6. The minimum atomic E-state index is -0.235. The Morgan fingerprint density at radius 3 is 3.11 bits per heavy atom. The van der Waals surface area contributed by atoms with Gasteiger partial charge in [-0.2, -0.15) is 0 Å². The molecule has 0 radical (unpaired) electrons. The number of hydrogen-bond donors (Lipinski definition) is 0. The standard InChI is InChI=1S/C14H17IO3/c1-8-10-6-5-9(15)4-3-7-14(2)12(18-14)11(10)17-13(8)16/h4,10-12H,1,3,5-7H2,2H3/t10-,11-,12-,14+/m0/s1. The van der Waals surface area contributed by atoms with Gasteiger partial charge in [0.1, 0.15) is 12.2 Å². The van der Waals surface area contributed by atoms with Gasteiger partial charge in [0.15, 0.2) is 0 Å². The van der Waals surface area contributed by atoms with Crippen molar-refractivity contribution in [1.82, 2.24) is 0 Å². The molecule has 0 aromatic heterocycles. The summed E-state index contributed by atoms with van der Waals surface area (Å²) < 4.78 is 12.7. The quantitative estimate of drug-likeness (QED) is 0.288. The number of halogens is 1. The van der Waals surface area contributed by atoms with E-state index in [1.165, 1.54) is 3.58 Å². The molecule has 3 nitrogen and oxygen atoms in total. The predicted octanol–water partition coefficient (Wildman–Crippen LogP) is 3.13. The van der Waals surface area contributed by atoms with Gasteiger partial charge >= 0.3 is 5.97 Å². The lowest BCUT2D eigenvalue weighted by Crippen LogP contribution is -2.28. The van der Waals surface area contributed by atoms with Crippen molar-refractivity contribution in [2.24, 2.45) is 5.92 Å².